The Balaban J connectivity index is 0.000000167. The monoisotopic (exact) mass is 1150 g/mol. The second-order valence-corrected chi connectivity index (χ2v) is 22.2. The number of carbonyl (C=O) groups excluding carboxylic acids is 4. The molecule has 5 aliphatic rings. The zero-order chi connectivity index (χ0) is 58.2. The standard InChI is InChI=1S/C33H38N8O3.C30H34N8O3/c42-32(41-17-12-27(13-18-41)39-15-1-2-16-39)24-5-9-26(10-6-24)36-33(43)35-25-7-3-23(4-8-25)30-37-28-11-14-34-29(28)31(38-30)40-19-21-44-22-20-40;1-35-13-15-38(16-14-35)29(39)22-5-9-24(10-6-22)32-30(40)31-23-7-3-21(4-8-23)27-33-25-11-12-36(2)26(25)28(34-27)37-17-19-41-20-18-37/h3-11,14,27,34H,1-2,12-13,15-22H2,(H2,35,36,43);3-12H,13-20H2,1-2H3,(H2,31,32,40). The van der Waals surface area contributed by atoms with Gasteiger partial charge in [-0.1, -0.05) is 0 Å². The van der Waals surface area contributed by atoms with Gasteiger partial charge in [0, 0.05) is 136 Å². The van der Waals surface area contributed by atoms with Crippen LogP contribution in [0, 0.1) is 0 Å². The minimum atomic E-state index is -0.368. The van der Waals surface area contributed by atoms with E-state index in [0.717, 1.165) is 123 Å². The number of fused-ring (bicyclic) bond motifs is 2. The van der Waals surface area contributed by atoms with Gasteiger partial charge in [-0.25, -0.2) is 29.5 Å². The average molecular weight is 1150 g/mol. The molecule has 13 rings (SSSR count). The Morgan fingerprint density at radius 2 is 0.929 bits per heavy atom. The van der Waals surface area contributed by atoms with Gasteiger partial charge >= 0.3 is 12.1 Å². The van der Waals surface area contributed by atoms with Crippen LogP contribution in [0.3, 0.4) is 0 Å². The van der Waals surface area contributed by atoms with Crippen LogP contribution in [-0.2, 0) is 16.5 Å². The van der Waals surface area contributed by atoms with Crippen molar-refractivity contribution >= 4 is 80.3 Å². The number of H-pyrrole nitrogens is 1. The first kappa shape index (κ1) is 56.5. The Bertz CT molecular complexity index is 3620. The minimum absolute atomic E-state index is 0.0154. The van der Waals surface area contributed by atoms with E-state index < -0.39 is 0 Å². The number of amides is 6. The molecule has 22 nitrogen and oxygen atoms in total. The van der Waals surface area contributed by atoms with Crippen LogP contribution in [0.4, 0.5) is 44.0 Å². The van der Waals surface area contributed by atoms with Crippen LogP contribution in [0.5, 0.6) is 0 Å². The highest BCUT2D eigenvalue weighted by molar-refractivity contribution is 6.02. The van der Waals surface area contributed by atoms with E-state index in [1.165, 1.54) is 25.9 Å². The van der Waals surface area contributed by atoms with Crippen LogP contribution < -0.4 is 31.1 Å². The maximum absolute atomic E-state index is 13.1. The molecule has 6 amide bonds. The van der Waals surface area contributed by atoms with E-state index in [4.69, 9.17) is 29.4 Å². The number of nitrogens with zero attached hydrogens (tertiary/aromatic N) is 11. The number of aromatic amines is 1. The van der Waals surface area contributed by atoms with Crippen molar-refractivity contribution in [1.82, 2.24) is 49.1 Å². The van der Waals surface area contributed by atoms with Gasteiger partial charge in [0.05, 0.1) is 37.5 Å². The van der Waals surface area contributed by atoms with Crippen molar-refractivity contribution in [3.05, 3.63) is 133 Å². The first-order chi connectivity index (χ1) is 41.5. The highest BCUT2D eigenvalue weighted by Gasteiger charge is 2.29. The van der Waals surface area contributed by atoms with Crippen LogP contribution in [0.15, 0.2) is 122 Å². The molecule has 0 aliphatic carbocycles. The Morgan fingerprint density at radius 1 is 0.482 bits per heavy atom. The number of urea groups is 2. The summed E-state index contributed by atoms with van der Waals surface area (Å²) >= 11 is 0. The van der Waals surface area contributed by atoms with E-state index in [1.807, 2.05) is 89.9 Å². The molecule has 4 aromatic carbocycles. The topological polar surface area (TPSA) is 227 Å². The molecule has 5 saturated heterocycles. The van der Waals surface area contributed by atoms with Gasteiger partial charge in [0.15, 0.2) is 23.3 Å². The number of benzene rings is 4. The number of piperidine rings is 1. The zero-order valence-corrected chi connectivity index (χ0v) is 48.1. The zero-order valence-electron chi connectivity index (χ0n) is 48.1. The number of hydrogen-bond acceptors (Lipinski definition) is 14. The summed E-state index contributed by atoms with van der Waals surface area (Å²) in [7, 11) is 4.06. The fourth-order valence-electron chi connectivity index (χ4n) is 11.7. The van der Waals surface area contributed by atoms with Crippen molar-refractivity contribution in [1.29, 1.82) is 0 Å². The molecular weight excluding hydrogens is 1080 g/mol. The Labute approximate surface area is 493 Å². The van der Waals surface area contributed by atoms with E-state index in [0.29, 0.717) is 78.0 Å². The molecule has 22 heteroatoms. The Morgan fingerprint density at radius 3 is 1.44 bits per heavy atom. The minimum Gasteiger partial charge on any atom is -0.378 e. The second kappa shape index (κ2) is 25.9. The predicted octanol–water partition coefficient (Wildman–Crippen LogP) is 8.31. The van der Waals surface area contributed by atoms with Gasteiger partial charge in [-0.2, -0.15) is 0 Å². The van der Waals surface area contributed by atoms with E-state index in [9.17, 15) is 19.2 Å². The summed E-state index contributed by atoms with van der Waals surface area (Å²) in [6.07, 6.45) is 8.54. The number of likely N-dealkylation sites (N-methyl/N-ethyl adjacent to an activating group) is 1. The molecule has 0 unspecified atom stereocenters. The summed E-state index contributed by atoms with van der Waals surface area (Å²) in [4.78, 5) is 86.9. The summed E-state index contributed by atoms with van der Waals surface area (Å²) < 4.78 is 13.1. The molecule has 5 fully saturated rings. The molecule has 5 aliphatic heterocycles. The first-order valence-electron chi connectivity index (χ1n) is 29.5. The lowest BCUT2D eigenvalue weighted by atomic mass is 10.0. The fourth-order valence-corrected chi connectivity index (χ4v) is 11.7. The maximum atomic E-state index is 13.1. The Kier molecular flexibility index (Phi) is 17.2. The van der Waals surface area contributed by atoms with E-state index in [-0.39, 0.29) is 23.9 Å². The lowest BCUT2D eigenvalue weighted by molar-refractivity contribution is 0.0642. The largest absolute Gasteiger partial charge is 0.378 e. The molecule has 0 spiro atoms. The van der Waals surface area contributed by atoms with Crippen molar-refractivity contribution in [2.24, 2.45) is 7.05 Å². The molecule has 5 N–H and O–H groups in total. The third kappa shape index (κ3) is 13.4. The number of aryl methyl sites for hydroxylation is 1. The van der Waals surface area contributed by atoms with Crippen molar-refractivity contribution in [3.63, 3.8) is 0 Å². The van der Waals surface area contributed by atoms with E-state index in [2.05, 4.69) is 57.5 Å². The predicted molar refractivity (Wildman–Crippen MR) is 331 cm³/mol. The fraction of sp³-hybridized carbons (Fsp3) is 0.365. The van der Waals surface area contributed by atoms with Gasteiger partial charge in [0.25, 0.3) is 11.8 Å². The molecule has 85 heavy (non-hydrogen) atoms. The molecular formula is C63H72N16O6. The molecule has 8 aromatic rings. The lowest BCUT2D eigenvalue weighted by Crippen LogP contribution is -2.47. The maximum Gasteiger partial charge on any atom is 0.323 e. The first-order valence-corrected chi connectivity index (χ1v) is 29.5. The molecule has 9 heterocycles. The SMILES string of the molecule is CN1CCN(C(=O)c2ccc(NC(=O)Nc3ccc(-c4nc(N5CCOCC5)c5c(ccn5C)n4)cc3)cc2)CC1.O=C(Nc1ccc(C(=O)N2CCC(N3CCCC3)CC2)cc1)Nc1ccc(-c2nc(N3CCOCC3)c3[nH]ccc3n2)cc1. The van der Waals surface area contributed by atoms with Crippen molar-refractivity contribution < 1.29 is 28.7 Å². The molecule has 4 aromatic heterocycles. The van der Waals surface area contributed by atoms with Crippen molar-refractivity contribution in [2.75, 3.05) is 143 Å². The summed E-state index contributed by atoms with van der Waals surface area (Å²) in [6.45, 7) is 13.0. The van der Waals surface area contributed by atoms with Gasteiger partial charge in [0.2, 0.25) is 0 Å². The second-order valence-electron chi connectivity index (χ2n) is 22.2. The number of anilines is 6. The number of ether oxygens (including phenoxy) is 2. The quantitative estimate of drug-likeness (QED) is 0.0821. The Hall–Kier alpha value is -8.96. The van der Waals surface area contributed by atoms with Gasteiger partial charge in [-0.15, -0.1) is 0 Å². The normalized spacial score (nSPS) is 17.2. The van der Waals surface area contributed by atoms with Crippen molar-refractivity contribution in [3.8, 4) is 22.8 Å². The number of hydrogen-bond donors (Lipinski definition) is 5. The number of morpholine rings is 2. The number of aromatic nitrogens is 6. The molecule has 440 valence electrons. The van der Waals surface area contributed by atoms with Gasteiger partial charge in [-0.3, -0.25) is 9.59 Å². The summed E-state index contributed by atoms with van der Waals surface area (Å²) in [5.41, 5.74) is 9.14. The molecule has 0 atom stereocenters. The number of rotatable bonds is 11. The summed E-state index contributed by atoms with van der Waals surface area (Å²) in [5, 5.41) is 11.4. The van der Waals surface area contributed by atoms with Crippen LogP contribution in [0.2, 0.25) is 0 Å². The third-order valence-corrected chi connectivity index (χ3v) is 16.5. The van der Waals surface area contributed by atoms with E-state index >= 15 is 0 Å². The summed E-state index contributed by atoms with van der Waals surface area (Å²) in [6, 6.07) is 32.9. The van der Waals surface area contributed by atoms with Crippen molar-refractivity contribution in [2.45, 2.75) is 31.7 Å². The van der Waals surface area contributed by atoms with Gasteiger partial charge in [-0.05, 0) is 155 Å². The molecule has 0 radical (unpaired) electrons. The lowest BCUT2D eigenvalue weighted by Gasteiger charge is -2.36. The summed E-state index contributed by atoms with van der Waals surface area (Å²) in [5.74, 6) is 3.10. The smallest absolute Gasteiger partial charge is 0.323 e. The van der Waals surface area contributed by atoms with Crippen LogP contribution in [-0.4, -0.2) is 191 Å². The van der Waals surface area contributed by atoms with Gasteiger partial charge < -0.3 is 69.7 Å². The molecule has 0 bridgehead atoms. The number of carbonyl (C=O) groups is 4. The molecule has 0 saturated carbocycles. The van der Waals surface area contributed by atoms with Crippen LogP contribution in [0.1, 0.15) is 46.4 Å². The number of piperazine rings is 1. The van der Waals surface area contributed by atoms with Crippen LogP contribution >= 0.6 is 0 Å². The van der Waals surface area contributed by atoms with E-state index in [1.54, 1.807) is 48.5 Å². The third-order valence-electron chi connectivity index (χ3n) is 16.5. The van der Waals surface area contributed by atoms with Gasteiger partial charge in [0.1, 0.15) is 11.0 Å². The number of nitrogens with one attached hydrogen (secondary N) is 5. The number of likely N-dealkylation sites (tertiary alicyclic amines) is 2. The highest BCUT2D eigenvalue weighted by atomic mass is 16.5. The van der Waals surface area contributed by atoms with Crippen LogP contribution in [0.25, 0.3) is 44.8 Å². The highest BCUT2D eigenvalue weighted by Crippen LogP contribution is 2.31. The average Bonchev–Trinajstić information content (AvgIpc) is 3.44.